The first kappa shape index (κ1) is 12.0. The van der Waals surface area contributed by atoms with Gasteiger partial charge >= 0.3 is 0 Å². The van der Waals surface area contributed by atoms with Crippen LogP contribution in [0.2, 0.25) is 0 Å². The molecule has 0 radical (unpaired) electrons. The van der Waals surface area contributed by atoms with Crippen LogP contribution >= 0.6 is 11.3 Å². The van der Waals surface area contributed by atoms with Crippen LogP contribution in [0.3, 0.4) is 0 Å². The Labute approximate surface area is 105 Å². The molecule has 0 aliphatic carbocycles. The van der Waals surface area contributed by atoms with Gasteiger partial charge in [-0.15, -0.1) is 11.3 Å². The van der Waals surface area contributed by atoms with E-state index in [4.69, 9.17) is 0 Å². The lowest BCUT2D eigenvalue weighted by molar-refractivity contribution is -0.118. The minimum atomic E-state index is 0.313. The van der Waals surface area contributed by atoms with Crippen LogP contribution in [0.4, 0.5) is 0 Å². The van der Waals surface area contributed by atoms with Gasteiger partial charge < -0.3 is 0 Å². The number of hydrogen-bond acceptors (Lipinski definition) is 3. The fraction of sp³-hybridized carbons (Fsp3) is 0.286. The summed E-state index contributed by atoms with van der Waals surface area (Å²) in [4.78, 5) is 17.0. The Morgan fingerprint density at radius 3 is 2.76 bits per heavy atom. The number of ketones is 1. The summed E-state index contributed by atoms with van der Waals surface area (Å²) in [6, 6.07) is 7.98. The van der Waals surface area contributed by atoms with E-state index < -0.39 is 0 Å². The zero-order chi connectivity index (χ0) is 11.9. The molecule has 0 fully saturated rings. The van der Waals surface area contributed by atoms with E-state index in [9.17, 15) is 4.79 Å². The Balaban J connectivity index is 1.71. The summed E-state index contributed by atoms with van der Waals surface area (Å²) in [6.07, 6.45) is 6.62. The normalized spacial score (nSPS) is 10.4. The first-order chi connectivity index (χ1) is 8.34. The minimum Gasteiger partial charge on any atom is -0.299 e. The summed E-state index contributed by atoms with van der Waals surface area (Å²) in [5, 5.41) is 2.08. The maximum Gasteiger partial charge on any atom is 0.137 e. The summed E-state index contributed by atoms with van der Waals surface area (Å²) in [6.45, 7) is 0. The van der Waals surface area contributed by atoms with Crippen molar-refractivity contribution in [2.24, 2.45) is 0 Å². The van der Waals surface area contributed by atoms with Crippen molar-refractivity contribution in [2.45, 2.75) is 25.7 Å². The SMILES string of the molecule is O=C(CCCc1cccs1)Cc1ccncc1. The number of rotatable bonds is 6. The van der Waals surface area contributed by atoms with E-state index in [1.165, 1.54) is 4.88 Å². The van der Waals surface area contributed by atoms with Crippen molar-refractivity contribution in [3.63, 3.8) is 0 Å². The molecular formula is C14H15NOS. The average molecular weight is 245 g/mol. The summed E-state index contributed by atoms with van der Waals surface area (Å²) < 4.78 is 0. The number of carbonyl (C=O) groups is 1. The lowest BCUT2D eigenvalue weighted by Gasteiger charge is -2.00. The largest absolute Gasteiger partial charge is 0.299 e. The monoisotopic (exact) mass is 245 g/mol. The van der Waals surface area contributed by atoms with Gasteiger partial charge in [-0.05, 0) is 42.0 Å². The Morgan fingerprint density at radius 1 is 1.24 bits per heavy atom. The van der Waals surface area contributed by atoms with E-state index in [0.717, 1.165) is 18.4 Å². The highest BCUT2D eigenvalue weighted by atomic mass is 32.1. The van der Waals surface area contributed by atoms with Crippen molar-refractivity contribution in [1.82, 2.24) is 4.98 Å². The van der Waals surface area contributed by atoms with E-state index in [1.54, 1.807) is 23.7 Å². The molecule has 2 rings (SSSR count). The number of pyridine rings is 1. The molecule has 2 aromatic heterocycles. The molecule has 2 heterocycles. The Morgan fingerprint density at radius 2 is 2.06 bits per heavy atom. The number of carbonyl (C=O) groups excluding carboxylic acids is 1. The summed E-state index contributed by atoms with van der Waals surface area (Å²) in [7, 11) is 0. The van der Waals surface area contributed by atoms with Gasteiger partial charge in [0.1, 0.15) is 5.78 Å². The van der Waals surface area contributed by atoms with Crippen LogP contribution in [0.1, 0.15) is 23.3 Å². The smallest absolute Gasteiger partial charge is 0.137 e. The second-order valence-electron chi connectivity index (χ2n) is 4.00. The highest BCUT2D eigenvalue weighted by Crippen LogP contribution is 2.12. The first-order valence-corrected chi connectivity index (χ1v) is 6.65. The number of nitrogens with zero attached hydrogens (tertiary/aromatic N) is 1. The zero-order valence-electron chi connectivity index (χ0n) is 9.63. The summed E-state index contributed by atoms with van der Waals surface area (Å²) >= 11 is 1.76. The van der Waals surface area contributed by atoms with Crippen LogP contribution in [0, 0.1) is 0 Å². The fourth-order valence-electron chi connectivity index (χ4n) is 1.73. The number of aryl methyl sites for hydroxylation is 1. The van der Waals surface area contributed by atoms with Gasteiger partial charge in [0.05, 0.1) is 0 Å². The summed E-state index contributed by atoms with van der Waals surface area (Å²) in [5.41, 5.74) is 1.06. The Kier molecular flexibility index (Phi) is 4.45. The molecule has 2 aromatic rings. The molecule has 0 amide bonds. The zero-order valence-corrected chi connectivity index (χ0v) is 10.5. The van der Waals surface area contributed by atoms with Crippen molar-refractivity contribution in [3.8, 4) is 0 Å². The van der Waals surface area contributed by atoms with Gasteiger partial charge in [0, 0.05) is 30.1 Å². The molecule has 0 aliphatic rings. The quantitative estimate of drug-likeness (QED) is 0.781. The van der Waals surface area contributed by atoms with Crippen molar-refractivity contribution in [1.29, 1.82) is 0 Å². The number of thiophene rings is 1. The van der Waals surface area contributed by atoms with Crippen LogP contribution in [-0.2, 0) is 17.6 Å². The van der Waals surface area contributed by atoms with E-state index in [-0.39, 0.29) is 0 Å². The molecule has 0 spiro atoms. The Hall–Kier alpha value is -1.48. The molecule has 0 atom stereocenters. The number of Topliss-reactive ketones (excluding diaryl/α,β-unsaturated/α-hetero) is 1. The predicted molar refractivity (Wildman–Crippen MR) is 70.2 cm³/mol. The third-order valence-corrected chi connectivity index (χ3v) is 3.55. The van der Waals surface area contributed by atoms with Crippen molar-refractivity contribution in [2.75, 3.05) is 0 Å². The van der Waals surface area contributed by atoms with Gasteiger partial charge in [-0.2, -0.15) is 0 Å². The van der Waals surface area contributed by atoms with Crippen molar-refractivity contribution in [3.05, 3.63) is 52.5 Å². The van der Waals surface area contributed by atoms with Crippen molar-refractivity contribution >= 4 is 17.1 Å². The maximum atomic E-state index is 11.7. The molecular weight excluding hydrogens is 230 g/mol. The molecule has 3 heteroatoms. The molecule has 0 saturated heterocycles. The first-order valence-electron chi connectivity index (χ1n) is 5.77. The lowest BCUT2D eigenvalue weighted by Crippen LogP contribution is -2.03. The fourth-order valence-corrected chi connectivity index (χ4v) is 2.48. The molecule has 88 valence electrons. The topological polar surface area (TPSA) is 30.0 Å². The van der Waals surface area contributed by atoms with Crippen LogP contribution < -0.4 is 0 Å². The minimum absolute atomic E-state index is 0.313. The van der Waals surface area contributed by atoms with Gasteiger partial charge in [0.25, 0.3) is 0 Å². The molecule has 2 nitrogen and oxygen atoms in total. The van der Waals surface area contributed by atoms with E-state index in [0.29, 0.717) is 18.6 Å². The third kappa shape index (κ3) is 4.11. The second kappa shape index (κ2) is 6.30. The second-order valence-corrected chi connectivity index (χ2v) is 5.04. The van der Waals surface area contributed by atoms with Gasteiger partial charge in [0.15, 0.2) is 0 Å². The molecule has 0 unspecified atom stereocenters. The molecule has 0 N–H and O–H groups in total. The lowest BCUT2D eigenvalue weighted by atomic mass is 10.1. The standard InChI is InChI=1S/C14H15NOS/c16-13(11-12-6-8-15-9-7-12)3-1-4-14-5-2-10-17-14/h2,5-10H,1,3-4,11H2. The predicted octanol–water partition coefficient (Wildman–Crippen LogP) is 3.28. The van der Waals surface area contributed by atoms with Crippen LogP contribution in [0.5, 0.6) is 0 Å². The average Bonchev–Trinajstić information content (AvgIpc) is 2.83. The van der Waals surface area contributed by atoms with Crippen molar-refractivity contribution < 1.29 is 4.79 Å². The molecule has 0 saturated carbocycles. The molecule has 17 heavy (non-hydrogen) atoms. The molecule has 0 aromatic carbocycles. The van der Waals surface area contributed by atoms with Gasteiger partial charge in [-0.25, -0.2) is 0 Å². The van der Waals surface area contributed by atoms with Gasteiger partial charge in [-0.1, -0.05) is 6.07 Å². The summed E-state index contributed by atoms with van der Waals surface area (Å²) in [5.74, 6) is 0.313. The van der Waals surface area contributed by atoms with Gasteiger partial charge in [0.2, 0.25) is 0 Å². The van der Waals surface area contributed by atoms with Crippen LogP contribution in [0.25, 0.3) is 0 Å². The van der Waals surface area contributed by atoms with E-state index in [2.05, 4.69) is 22.5 Å². The van der Waals surface area contributed by atoms with E-state index in [1.807, 2.05) is 12.1 Å². The van der Waals surface area contributed by atoms with E-state index >= 15 is 0 Å². The Bertz CT molecular complexity index is 450. The number of hydrogen-bond donors (Lipinski definition) is 0. The van der Waals surface area contributed by atoms with Gasteiger partial charge in [-0.3, -0.25) is 9.78 Å². The van der Waals surface area contributed by atoms with Crippen LogP contribution in [0.15, 0.2) is 42.0 Å². The third-order valence-electron chi connectivity index (χ3n) is 2.61. The molecule has 0 bridgehead atoms. The molecule has 0 aliphatic heterocycles. The van der Waals surface area contributed by atoms with Crippen LogP contribution in [-0.4, -0.2) is 10.8 Å². The number of aromatic nitrogens is 1. The highest BCUT2D eigenvalue weighted by Gasteiger charge is 2.04. The maximum absolute atomic E-state index is 11.7. The highest BCUT2D eigenvalue weighted by molar-refractivity contribution is 7.09.